The molecule has 0 aromatic rings. The van der Waals surface area contributed by atoms with Crippen LogP contribution < -0.4 is 0 Å². The van der Waals surface area contributed by atoms with Crippen LogP contribution >= 0.6 is 0 Å². The zero-order valence-corrected chi connectivity index (χ0v) is 4.44. The summed E-state index contributed by atoms with van der Waals surface area (Å²) >= 11 is 0. The van der Waals surface area contributed by atoms with E-state index in [1.807, 2.05) is 12.2 Å². The van der Waals surface area contributed by atoms with Crippen molar-refractivity contribution in [2.75, 3.05) is 0 Å². The summed E-state index contributed by atoms with van der Waals surface area (Å²) in [6, 6.07) is 0. The third-order valence-electron chi connectivity index (χ3n) is 0.976. The highest BCUT2D eigenvalue weighted by Gasteiger charge is 1.94. The second kappa shape index (κ2) is 1.97. The smallest absolute Gasteiger partial charge is 0.00114 e. The quantitative estimate of drug-likeness (QED) is 0.428. The van der Waals surface area contributed by atoms with Crippen molar-refractivity contribution in [3.05, 3.63) is 30.2 Å². The van der Waals surface area contributed by atoms with Crippen molar-refractivity contribution in [2.24, 2.45) is 0 Å². The van der Waals surface area contributed by atoms with E-state index >= 15 is 0 Å². The van der Waals surface area contributed by atoms with E-state index in [0.717, 1.165) is 6.42 Å². The molecule has 7 heavy (non-hydrogen) atoms. The van der Waals surface area contributed by atoms with Crippen LogP contribution in [0, 0.1) is 12.0 Å². The first-order valence-corrected chi connectivity index (χ1v) is 2.45. The second-order valence-corrected chi connectivity index (χ2v) is 1.75. The van der Waals surface area contributed by atoms with E-state index < -0.39 is 0 Å². The Morgan fingerprint density at radius 3 is 2.86 bits per heavy atom. The molecule has 2 radical (unpaired) electrons. The first-order valence-electron chi connectivity index (χ1n) is 2.45. The number of hydrogen-bond donors (Lipinski definition) is 0. The number of allylic oxidation sites excluding steroid dienone is 4. The van der Waals surface area contributed by atoms with Crippen molar-refractivity contribution in [2.45, 2.75) is 13.3 Å². The van der Waals surface area contributed by atoms with Crippen molar-refractivity contribution in [3.8, 4) is 0 Å². The molecule has 0 spiro atoms. The molecular formula is C7H8. The fourth-order valence-corrected chi connectivity index (χ4v) is 0.559. The van der Waals surface area contributed by atoms with Gasteiger partial charge in [-0.2, -0.15) is 0 Å². The molecule has 0 N–H and O–H groups in total. The van der Waals surface area contributed by atoms with Gasteiger partial charge in [-0.25, -0.2) is 0 Å². The van der Waals surface area contributed by atoms with Gasteiger partial charge in [0.25, 0.3) is 0 Å². The van der Waals surface area contributed by atoms with Crippen molar-refractivity contribution in [1.29, 1.82) is 0 Å². The van der Waals surface area contributed by atoms with Gasteiger partial charge >= 0.3 is 0 Å². The molecule has 0 aromatic carbocycles. The Morgan fingerprint density at radius 1 is 1.71 bits per heavy atom. The minimum atomic E-state index is 1.01. The van der Waals surface area contributed by atoms with Gasteiger partial charge in [-0.15, -0.1) is 0 Å². The summed E-state index contributed by atoms with van der Waals surface area (Å²) in [5.74, 6) is 1.39. The molecule has 0 unspecified atom stereocenters. The normalized spacial score (nSPS) is 20.7. The van der Waals surface area contributed by atoms with E-state index in [9.17, 15) is 0 Å². The van der Waals surface area contributed by atoms with Crippen LogP contribution in [0.25, 0.3) is 0 Å². The molecule has 0 heteroatoms. The molecule has 0 fully saturated rings. The van der Waals surface area contributed by atoms with Gasteiger partial charge in [0, 0.05) is 0 Å². The summed E-state index contributed by atoms with van der Waals surface area (Å²) in [6.45, 7) is 2.11. The molecule has 1 aliphatic rings. The summed E-state index contributed by atoms with van der Waals surface area (Å²) in [7, 11) is 0. The molecule has 1 rings (SSSR count). The Bertz CT molecular complexity index is 98.6. The average Bonchev–Trinajstić information content (AvgIpc) is 1.69. The van der Waals surface area contributed by atoms with Gasteiger partial charge < -0.3 is 0 Å². The van der Waals surface area contributed by atoms with E-state index in [-0.39, 0.29) is 0 Å². The standard InChI is InChI=1S/C7H8/c1-7-5-3-2-4-6-7/h2-3,5H,6H2,1H3. The Labute approximate surface area is 44.5 Å². The summed E-state index contributed by atoms with van der Waals surface area (Å²) in [4.78, 5) is 0. The molecule has 0 amide bonds. The van der Waals surface area contributed by atoms with Crippen LogP contribution in [0.5, 0.6) is 0 Å². The highest BCUT2D eigenvalue weighted by atomic mass is 14.0. The number of hydrogen-bond acceptors (Lipinski definition) is 0. The van der Waals surface area contributed by atoms with Crippen molar-refractivity contribution in [3.63, 3.8) is 0 Å². The minimum Gasteiger partial charge on any atom is -0.0774 e. The lowest BCUT2D eigenvalue weighted by Gasteiger charge is -2.00. The number of rotatable bonds is 0. The first kappa shape index (κ1) is 4.63. The van der Waals surface area contributed by atoms with Crippen LogP contribution in [0.2, 0.25) is 0 Å². The highest BCUT2D eigenvalue weighted by Crippen LogP contribution is 2.09. The van der Waals surface area contributed by atoms with Gasteiger partial charge in [0.05, 0.1) is 0 Å². The summed E-state index contributed by atoms with van der Waals surface area (Å²) in [5, 5.41) is 0. The first-order chi connectivity index (χ1) is 3.39. The van der Waals surface area contributed by atoms with E-state index in [4.69, 9.17) is 0 Å². The molecule has 0 bridgehead atoms. The highest BCUT2D eigenvalue weighted by molar-refractivity contribution is 5.18. The van der Waals surface area contributed by atoms with Gasteiger partial charge in [-0.05, 0) is 18.4 Å². The largest absolute Gasteiger partial charge is 0.0774 e. The molecule has 0 heterocycles. The Kier molecular flexibility index (Phi) is 1.30. The third kappa shape index (κ3) is 1.19. The van der Waals surface area contributed by atoms with Gasteiger partial charge in [-0.3, -0.25) is 0 Å². The summed E-state index contributed by atoms with van der Waals surface area (Å²) in [6.07, 6.45) is 10.2. The lowest BCUT2D eigenvalue weighted by molar-refractivity contribution is 1.03. The Hall–Kier alpha value is -0.520. The van der Waals surface area contributed by atoms with Crippen LogP contribution in [0.1, 0.15) is 13.3 Å². The van der Waals surface area contributed by atoms with Crippen LogP contribution in [0.3, 0.4) is 0 Å². The SMILES string of the molecule is C[C]1C=CC=[C]C1. The molecule has 1 aliphatic carbocycles. The minimum absolute atomic E-state index is 1.01. The fraction of sp³-hybridized carbons (Fsp3) is 0.286. The molecule has 0 atom stereocenters. The van der Waals surface area contributed by atoms with E-state index in [1.165, 1.54) is 5.92 Å². The Morgan fingerprint density at radius 2 is 2.57 bits per heavy atom. The maximum absolute atomic E-state index is 3.09. The predicted octanol–water partition coefficient (Wildman–Crippen LogP) is 1.90. The van der Waals surface area contributed by atoms with Crippen LogP contribution in [0.4, 0.5) is 0 Å². The van der Waals surface area contributed by atoms with Gasteiger partial charge in [0.15, 0.2) is 0 Å². The summed E-state index contributed by atoms with van der Waals surface area (Å²) < 4.78 is 0. The maximum Gasteiger partial charge on any atom is -0.00114 e. The van der Waals surface area contributed by atoms with Crippen LogP contribution in [-0.4, -0.2) is 0 Å². The molecule has 0 nitrogen and oxygen atoms in total. The fourth-order valence-electron chi connectivity index (χ4n) is 0.559. The van der Waals surface area contributed by atoms with E-state index in [0.29, 0.717) is 0 Å². The molecule has 0 saturated carbocycles. The van der Waals surface area contributed by atoms with E-state index in [2.05, 4.69) is 19.1 Å². The summed E-state index contributed by atoms with van der Waals surface area (Å²) in [5.41, 5.74) is 0. The topological polar surface area (TPSA) is 0 Å². The van der Waals surface area contributed by atoms with Gasteiger partial charge in [0.2, 0.25) is 0 Å². The molecule has 0 aromatic heterocycles. The zero-order valence-electron chi connectivity index (χ0n) is 4.44. The molecule has 0 saturated heterocycles. The lowest BCUT2D eigenvalue weighted by Crippen LogP contribution is -1.85. The molecular weight excluding hydrogens is 84.1 g/mol. The average molecular weight is 92.1 g/mol. The van der Waals surface area contributed by atoms with Gasteiger partial charge in [-0.1, -0.05) is 25.2 Å². The monoisotopic (exact) mass is 92.1 g/mol. The maximum atomic E-state index is 3.09. The Balaban J connectivity index is 2.49. The second-order valence-electron chi connectivity index (χ2n) is 1.75. The van der Waals surface area contributed by atoms with Crippen molar-refractivity contribution in [1.82, 2.24) is 0 Å². The van der Waals surface area contributed by atoms with Crippen molar-refractivity contribution >= 4 is 0 Å². The van der Waals surface area contributed by atoms with Crippen LogP contribution in [0.15, 0.2) is 18.2 Å². The lowest BCUT2D eigenvalue weighted by atomic mass is 10.0. The molecule has 36 valence electrons. The van der Waals surface area contributed by atoms with Gasteiger partial charge in [0.1, 0.15) is 0 Å². The third-order valence-corrected chi connectivity index (χ3v) is 0.976. The predicted molar refractivity (Wildman–Crippen MR) is 30.5 cm³/mol. The van der Waals surface area contributed by atoms with Crippen molar-refractivity contribution < 1.29 is 0 Å². The molecule has 0 aliphatic heterocycles. The van der Waals surface area contributed by atoms with E-state index in [1.54, 1.807) is 0 Å². The van der Waals surface area contributed by atoms with Crippen LogP contribution in [-0.2, 0) is 0 Å². The zero-order chi connectivity index (χ0) is 5.11.